The number of aromatic nitrogens is 1. The Bertz CT molecular complexity index is 566. The quantitative estimate of drug-likeness (QED) is 0.561. The van der Waals surface area contributed by atoms with Crippen molar-refractivity contribution in [1.29, 1.82) is 0 Å². The van der Waals surface area contributed by atoms with E-state index in [1.165, 1.54) is 29.5 Å². The van der Waals surface area contributed by atoms with Gasteiger partial charge in [-0.05, 0) is 25.1 Å². The number of phenolic OH excluding ortho intramolecular Hbond substituents is 1. The maximum atomic E-state index is 11.9. The van der Waals surface area contributed by atoms with Crippen molar-refractivity contribution in [2.75, 3.05) is 11.1 Å². The van der Waals surface area contributed by atoms with Crippen LogP contribution in [0, 0.1) is 6.92 Å². The van der Waals surface area contributed by atoms with Crippen molar-refractivity contribution in [2.45, 2.75) is 6.92 Å². The molecule has 0 radical (unpaired) electrons. The van der Waals surface area contributed by atoms with Gasteiger partial charge in [-0.25, -0.2) is 4.98 Å². The number of nitrogens with zero attached hydrogens (tertiary/aromatic N) is 1. The lowest BCUT2D eigenvalue weighted by atomic mass is 10.1. The number of aryl methyl sites for hydroxylation is 1. The average Bonchev–Trinajstić information content (AvgIpc) is 2.67. The Morgan fingerprint density at radius 1 is 1.53 bits per heavy atom. The van der Waals surface area contributed by atoms with Gasteiger partial charge in [0.25, 0.3) is 5.91 Å². The number of nitrogen functional groups attached to an aromatic ring is 1. The fourth-order valence-corrected chi connectivity index (χ4v) is 1.98. The maximum absolute atomic E-state index is 11.9. The standard InChI is InChI=1S/C11H11N3O2S/c1-6-5-13-11(17-6)14-10(16)8-4-7(15)2-3-9(8)12/h2-5,15H,12H2,1H3,(H,13,14,16). The zero-order chi connectivity index (χ0) is 12.4. The van der Waals surface area contributed by atoms with Crippen LogP contribution in [0.4, 0.5) is 10.8 Å². The highest BCUT2D eigenvalue weighted by Gasteiger charge is 2.12. The van der Waals surface area contributed by atoms with E-state index < -0.39 is 0 Å². The summed E-state index contributed by atoms with van der Waals surface area (Å²) in [7, 11) is 0. The number of nitrogens with one attached hydrogen (secondary N) is 1. The summed E-state index contributed by atoms with van der Waals surface area (Å²) in [5.41, 5.74) is 6.21. The van der Waals surface area contributed by atoms with Crippen LogP contribution in [0.5, 0.6) is 5.75 Å². The molecule has 1 aromatic heterocycles. The molecule has 0 aliphatic rings. The molecule has 1 aromatic carbocycles. The van der Waals surface area contributed by atoms with Crippen LogP contribution in [0.1, 0.15) is 15.2 Å². The number of hydrogen-bond donors (Lipinski definition) is 3. The maximum Gasteiger partial charge on any atom is 0.259 e. The molecule has 0 atom stereocenters. The summed E-state index contributed by atoms with van der Waals surface area (Å²) in [5, 5.41) is 12.4. The van der Waals surface area contributed by atoms with Crippen LogP contribution in [-0.2, 0) is 0 Å². The first-order valence-electron chi connectivity index (χ1n) is 4.88. The molecule has 0 spiro atoms. The van der Waals surface area contributed by atoms with Crippen LogP contribution >= 0.6 is 11.3 Å². The summed E-state index contributed by atoms with van der Waals surface area (Å²) in [6.45, 7) is 1.90. The Morgan fingerprint density at radius 3 is 2.94 bits per heavy atom. The van der Waals surface area contributed by atoms with Crippen molar-refractivity contribution < 1.29 is 9.90 Å². The molecule has 0 bridgehead atoms. The number of phenols is 1. The largest absolute Gasteiger partial charge is 0.508 e. The smallest absolute Gasteiger partial charge is 0.259 e. The zero-order valence-corrected chi connectivity index (χ0v) is 9.91. The highest BCUT2D eigenvalue weighted by Crippen LogP contribution is 2.21. The molecule has 2 aromatic rings. The van der Waals surface area contributed by atoms with Gasteiger partial charge in [-0.1, -0.05) is 0 Å². The van der Waals surface area contributed by atoms with Crippen molar-refractivity contribution >= 4 is 28.1 Å². The minimum Gasteiger partial charge on any atom is -0.508 e. The molecule has 1 amide bonds. The molecule has 5 nitrogen and oxygen atoms in total. The summed E-state index contributed by atoms with van der Waals surface area (Å²) in [4.78, 5) is 16.9. The number of thiazole rings is 1. The number of rotatable bonds is 2. The van der Waals surface area contributed by atoms with Gasteiger partial charge in [0.2, 0.25) is 0 Å². The fourth-order valence-electron chi connectivity index (χ4n) is 1.32. The fraction of sp³-hybridized carbons (Fsp3) is 0.0909. The molecule has 0 saturated heterocycles. The second-order valence-corrected chi connectivity index (χ2v) is 4.74. The number of benzene rings is 1. The van der Waals surface area contributed by atoms with Crippen molar-refractivity contribution in [1.82, 2.24) is 4.98 Å². The highest BCUT2D eigenvalue weighted by molar-refractivity contribution is 7.15. The molecule has 0 unspecified atom stereocenters. The topological polar surface area (TPSA) is 88.2 Å². The van der Waals surface area contributed by atoms with Gasteiger partial charge >= 0.3 is 0 Å². The first-order chi connectivity index (χ1) is 8.06. The van der Waals surface area contributed by atoms with Gasteiger partial charge in [0.15, 0.2) is 5.13 Å². The summed E-state index contributed by atoms with van der Waals surface area (Å²) in [6.07, 6.45) is 1.67. The number of carbonyl (C=O) groups is 1. The number of hydrogen-bond acceptors (Lipinski definition) is 5. The van der Waals surface area contributed by atoms with E-state index in [0.29, 0.717) is 10.8 Å². The SMILES string of the molecule is Cc1cnc(NC(=O)c2cc(O)ccc2N)s1. The Hall–Kier alpha value is -2.08. The average molecular weight is 249 g/mol. The van der Waals surface area contributed by atoms with Crippen LogP contribution in [0.15, 0.2) is 24.4 Å². The molecule has 0 aliphatic heterocycles. The van der Waals surface area contributed by atoms with Gasteiger partial charge < -0.3 is 10.8 Å². The molecule has 17 heavy (non-hydrogen) atoms. The Morgan fingerprint density at radius 2 is 2.29 bits per heavy atom. The lowest BCUT2D eigenvalue weighted by molar-refractivity contribution is 0.102. The van der Waals surface area contributed by atoms with Crippen LogP contribution in [0.3, 0.4) is 0 Å². The van der Waals surface area contributed by atoms with Gasteiger partial charge in [-0.3, -0.25) is 10.1 Å². The van der Waals surface area contributed by atoms with Crippen molar-refractivity contribution in [3.05, 3.63) is 34.8 Å². The van der Waals surface area contributed by atoms with E-state index in [0.717, 1.165) is 4.88 Å². The zero-order valence-electron chi connectivity index (χ0n) is 9.10. The minimum absolute atomic E-state index is 0.000306. The molecule has 2 rings (SSSR count). The Balaban J connectivity index is 2.22. The third-order valence-electron chi connectivity index (χ3n) is 2.12. The van der Waals surface area contributed by atoms with Gasteiger partial charge in [0.05, 0.1) is 5.56 Å². The van der Waals surface area contributed by atoms with E-state index >= 15 is 0 Å². The number of aromatic hydroxyl groups is 1. The summed E-state index contributed by atoms with van der Waals surface area (Å²) >= 11 is 1.37. The van der Waals surface area contributed by atoms with E-state index in [9.17, 15) is 9.90 Å². The first kappa shape index (κ1) is 11.4. The van der Waals surface area contributed by atoms with E-state index in [2.05, 4.69) is 10.3 Å². The van der Waals surface area contributed by atoms with Crippen LogP contribution in [-0.4, -0.2) is 16.0 Å². The number of carbonyl (C=O) groups excluding carboxylic acids is 1. The summed E-state index contributed by atoms with van der Waals surface area (Å²) < 4.78 is 0. The van der Waals surface area contributed by atoms with Gasteiger partial charge in [0, 0.05) is 16.8 Å². The van der Waals surface area contributed by atoms with E-state index in [4.69, 9.17) is 5.73 Å². The lowest BCUT2D eigenvalue weighted by Crippen LogP contribution is -2.13. The molecule has 4 N–H and O–H groups in total. The van der Waals surface area contributed by atoms with E-state index in [-0.39, 0.29) is 17.2 Å². The molecule has 88 valence electrons. The van der Waals surface area contributed by atoms with Crippen molar-refractivity contribution in [3.63, 3.8) is 0 Å². The molecule has 6 heteroatoms. The summed E-state index contributed by atoms with van der Waals surface area (Å²) in [6, 6.07) is 4.24. The minimum atomic E-state index is -0.382. The van der Waals surface area contributed by atoms with E-state index in [1.807, 2.05) is 6.92 Å². The number of amides is 1. The van der Waals surface area contributed by atoms with Gasteiger partial charge in [0.1, 0.15) is 5.75 Å². The third kappa shape index (κ3) is 2.54. The van der Waals surface area contributed by atoms with E-state index in [1.54, 1.807) is 6.20 Å². The molecule has 0 aliphatic carbocycles. The van der Waals surface area contributed by atoms with Crippen LogP contribution in [0.25, 0.3) is 0 Å². The molecule has 1 heterocycles. The number of nitrogens with two attached hydrogens (primary N) is 1. The second kappa shape index (κ2) is 4.42. The monoisotopic (exact) mass is 249 g/mol. The van der Waals surface area contributed by atoms with Gasteiger partial charge in [-0.2, -0.15) is 0 Å². The van der Waals surface area contributed by atoms with Gasteiger partial charge in [-0.15, -0.1) is 11.3 Å². The Labute approximate surface area is 102 Å². The highest BCUT2D eigenvalue weighted by atomic mass is 32.1. The number of anilines is 2. The van der Waals surface area contributed by atoms with Crippen LogP contribution in [0.2, 0.25) is 0 Å². The third-order valence-corrected chi connectivity index (χ3v) is 2.95. The lowest BCUT2D eigenvalue weighted by Gasteiger charge is -2.05. The first-order valence-corrected chi connectivity index (χ1v) is 5.70. The summed E-state index contributed by atoms with van der Waals surface area (Å²) in [5.74, 6) is -0.382. The predicted octanol–water partition coefficient (Wildman–Crippen LogP) is 1.99. The molecule has 0 saturated carbocycles. The molecule has 0 fully saturated rings. The normalized spacial score (nSPS) is 10.2. The Kier molecular flexibility index (Phi) is 2.97. The van der Waals surface area contributed by atoms with Crippen molar-refractivity contribution in [3.8, 4) is 5.75 Å². The second-order valence-electron chi connectivity index (χ2n) is 3.50. The van der Waals surface area contributed by atoms with Crippen LogP contribution < -0.4 is 11.1 Å². The molecular formula is C11H11N3O2S. The predicted molar refractivity (Wildman–Crippen MR) is 67.3 cm³/mol. The molecular weight excluding hydrogens is 238 g/mol. The van der Waals surface area contributed by atoms with Crippen molar-refractivity contribution in [2.24, 2.45) is 0 Å².